The van der Waals surface area contributed by atoms with Crippen molar-refractivity contribution in [3.63, 3.8) is 0 Å². The zero-order valence-electron chi connectivity index (χ0n) is 12.3. The highest BCUT2D eigenvalue weighted by atomic mass is 19.1. The molecule has 1 atom stereocenters. The molecule has 0 saturated heterocycles. The third-order valence-corrected chi connectivity index (χ3v) is 3.30. The topological polar surface area (TPSA) is 38.3 Å². The predicted molar refractivity (Wildman–Crippen MR) is 81.0 cm³/mol. The van der Waals surface area contributed by atoms with Crippen molar-refractivity contribution in [2.24, 2.45) is 0 Å². The van der Waals surface area contributed by atoms with E-state index in [9.17, 15) is 9.18 Å². The lowest BCUT2D eigenvalue weighted by Gasteiger charge is -2.18. The van der Waals surface area contributed by atoms with E-state index < -0.39 is 11.8 Å². The quantitative estimate of drug-likeness (QED) is 0.861. The average Bonchev–Trinajstić information content (AvgIpc) is 2.48. The van der Waals surface area contributed by atoms with Crippen molar-refractivity contribution >= 4 is 11.7 Å². The van der Waals surface area contributed by atoms with Crippen LogP contribution >= 0.6 is 0 Å². The molecular weight excluding hydrogens is 269 g/mol. The van der Waals surface area contributed by atoms with E-state index in [1.54, 1.807) is 6.07 Å². The highest BCUT2D eigenvalue weighted by molar-refractivity contribution is 5.95. The van der Waals surface area contributed by atoms with Crippen LogP contribution < -0.4 is 5.32 Å². The summed E-state index contributed by atoms with van der Waals surface area (Å²) in [5.74, 6) is -1.03. The molecule has 2 aromatic carbocycles. The van der Waals surface area contributed by atoms with Crippen molar-refractivity contribution in [2.75, 3.05) is 12.4 Å². The molecule has 0 fully saturated rings. The van der Waals surface area contributed by atoms with Gasteiger partial charge in [0, 0.05) is 11.7 Å². The number of methoxy groups -OCH3 is 1. The van der Waals surface area contributed by atoms with Crippen molar-refractivity contribution in [3.8, 4) is 0 Å². The molecule has 1 N–H and O–H groups in total. The van der Waals surface area contributed by atoms with Gasteiger partial charge in [-0.2, -0.15) is 0 Å². The van der Waals surface area contributed by atoms with Gasteiger partial charge in [0.1, 0.15) is 5.82 Å². The molecule has 4 heteroatoms. The Kier molecular flexibility index (Phi) is 4.58. The lowest BCUT2D eigenvalue weighted by atomic mass is 10.0. The number of carbonyl (C=O) groups is 1. The van der Waals surface area contributed by atoms with Crippen molar-refractivity contribution < 1.29 is 13.9 Å². The lowest BCUT2D eigenvalue weighted by molar-refractivity contribution is 0.0601. The molecular formula is C17H18FNO2. The Morgan fingerprint density at radius 3 is 2.67 bits per heavy atom. The number of rotatable bonds is 4. The highest BCUT2D eigenvalue weighted by Gasteiger charge is 2.15. The van der Waals surface area contributed by atoms with Gasteiger partial charge in [0.15, 0.2) is 0 Å². The summed E-state index contributed by atoms with van der Waals surface area (Å²) >= 11 is 0. The normalized spacial score (nSPS) is 11.8. The monoisotopic (exact) mass is 287 g/mol. The third kappa shape index (κ3) is 3.60. The molecule has 1 unspecified atom stereocenters. The van der Waals surface area contributed by atoms with E-state index in [-0.39, 0.29) is 11.6 Å². The van der Waals surface area contributed by atoms with Crippen LogP contribution in [-0.4, -0.2) is 13.1 Å². The van der Waals surface area contributed by atoms with Crippen molar-refractivity contribution in [1.82, 2.24) is 0 Å². The molecule has 0 radical (unpaired) electrons. The molecule has 0 amide bonds. The van der Waals surface area contributed by atoms with E-state index in [0.29, 0.717) is 5.69 Å². The van der Waals surface area contributed by atoms with Crippen LogP contribution in [0.1, 0.15) is 34.5 Å². The Bertz CT molecular complexity index is 655. The fourth-order valence-electron chi connectivity index (χ4n) is 2.18. The molecule has 3 nitrogen and oxygen atoms in total. The standard InChI is InChI=1S/C17H18FNO2/c1-11-5-4-6-13(9-11)12(2)19-16-8-7-14(18)10-15(16)17(20)21-3/h4-10,12,19H,1-3H3. The smallest absolute Gasteiger partial charge is 0.340 e. The molecule has 0 spiro atoms. The minimum Gasteiger partial charge on any atom is -0.465 e. The number of hydrogen-bond acceptors (Lipinski definition) is 3. The number of nitrogens with one attached hydrogen (secondary N) is 1. The van der Waals surface area contributed by atoms with Gasteiger partial charge in [0.25, 0.3) is 0 Å². The number of ether oxygens (including phenoxy) is 1. The van der Waals surface area contributed by atoms with Crippen LogP contribution in [0.25, 0.3) is 0 Å². The van der Waals surface area contributed by atoms with Crippen LogP contribution in [0.5, 0.6) is 0 Å². The van der Waals surface area contributed by atoms with Gasteiger partial charge in [0.05, 0.1) is 12.7 Å². The van der Waals surface area contributed by atoms with Crippen LogP contribution in [0.4, 0.5) is 10.1 Å². The van der Waals surface area contributed by atoms with Gasteiger partial charge in [-0.25, -0.2) is 9.18 Å². The zero-order chi connectivity index (χ0) is 15.4. The van der Waals surface area contributed by atoms with E-state index in [4.69, 9.17) is 4.74 Å². The van der Waals surface area contributed by atoms with Gasteiger partial charge >= 0.3 is 5.97 Å². The summed E-state index contributed by atoms with van der Waals surface area (Å²) in [6.45, 7) is 4.01. The second kappa shape index (κ2) is 6.39. The molecule has 110 valence electrons. The van der Waals surface area contributed by atoms with Gasteiger partial charge in [0.2, 0.25) is 0 Å². The highest BCUT2D eigenvalue weighted by Crippen LogP contribution is 2.24. The first-order valence-electron chi connectivity index (χ1n) is 6.72. The molecule has 0 aliphatic heterocycles. The first-order chi connectivity index (χ1) is 10.0. The molecule has 21 heavy (non-hydrogen) atoms. The van der Waals surface area contributed by atoms with E-state index in [0.717, 1.165) is 11.1 Å². The van der Waals surface area contributed by atoms with E-state index in [1.165, 1.54) is 19.2 Å². The van der Waals surface area contributed by atoms with Gasteiger partial charge < -0.3 is 10.1 Å². The summed E-state index contributed by atoms with van der Waals surface area (Å²) in [5, 5.41) is 3.23. The zero-order valence-corrected chi connectivity index (χ0v) is 12.3. The summed E-state index contributed by atoms with van der Waals surface area (Å²) in [5.41, 5.74) is 3.00. The molecule has 2 aromatic rings. The maximum absolute atomic E-state index is 13.3. The Morgan fingerprint density at radius 2 is 2.00 bits per heavy atom. The summed E-state index contributed by atoms with van der Waals surface area (Å²) < 4.78 is 18.0. The largest absolute Gasteiger partial charge is 0.465 e. The maximum atomic E-state index is 13.3. The number of aryl methyl sites for hydroxylation is 1. The summed E-state index contributed by atoms with van der Waals surface area (Å²) in [6.07, 6.45) is 0. The fraction of sp³-hybridized carbons (Fsp3) is 0.235. The fourth-order valence-corrected chi connectivity index (χ4v) is 2.18. The summed E-state index contributed by atoms with van der Waals surface area (Å²) in [6, 6.07) is 12.1. The minimum atomic E-state index is -0.562. The SMILES string of the molecule is COC(=O)c1cc(F)ccc1NC(C)c1cccc(C)c1. The number of anilines is 1. The van der Waals surface area contributed by atoms with E-state index in [2.05, 4.69) is 11.4 Å². The van der Waals surface area contributed by atoms with Gasteiger partial charge in [-0.3, -0.25) is 0 Å². The molecule has 0 heterocycles. The van der Waals surface area contributed by atoms with Crippen molar-refractivity contribution in [1.29, 1.82) is 0 Å². The first kappa shape index (κ1) is 15.0. The number of halogens is 1. The van der Waals surface area contributed by atoms with Gasteiger partial charge in [-0.15, -0.1) is 0 Å². The van der Waals surface area contributed by atoms with E-state index >= 15 is 0 Å². The number of benzene rings is 2. The Hall–Kier alpha value is -2.36. The molecule has 0 aliphatic carbocycles. The predicted octanol–water partition coefficient (Wildman–Crippen LogP) is 4.09. The first-order valence-corrected chi connectivity index (χ1v) is 6.72. The van der Waals surface area contributed by atoms with Gasteiger partial charge in [-0.05, 0) is 37.6 Å². The van der Waals surface area contributed by atoms with Crippen LogP contribution in [0.2, 0.25) is 0 Å². The minimum absolute atomic E-state index is 0.0150. The Morgan fingerprint density at radius 1 is 1.24 bits per heavy atom. The molecule has 0 bridgehead atoms. The summed E-state index contributed by atoms with van der Waals surface area (Å²) in [7, 11) is 1.28. The Labute approximate surface area is 123 Å². The second-order valence-corrected chi connectivity index (χ2v) is 4.96. The number of carbonyl (C=O) groups excluding carboxylic acids is 1. The maximum Gasteiger partial charge on any atom is 0.340 e. The van der Waals surface area contributed by atoms with Gasteiger partial charge in [-0.1, -0.05) is 29.8 Å². The van der Waals surface area contributed by atoms with Crippen LogP contribution in [0.3, 0.4) is 0 Å². The third-order valence-electron chi connectivity index (χ3n) is 3.30. The summed E-state index contributed by atoms with van der Waals surface area (Å²) in [4.78, 5) is 11.7. The van der Waals surface area contributed by atoms with Crippen LogP contribution in [0.15, 0.2) is 42.5 Å². The molecule has 0 saturated carbocycles. The molecule has 2 rings (SSSR count). The molecule has 0 aliphatic rings. The van der Waals surface area contributed by atoms with Crippen molar-refractivity contribution in [3.05, 3.63) is 65.0 Å². The van der Waals surface area contributed by atoms with Crippen LogP contribution in [0, 0.1) is 12.7 Å². The van der Waals surface area contributed by atoms with Crippen LogP contribution in [-0.2, 0) is 4.74 Å². The Balaban J connectivity index is 2.28. The lowest BCUT2D eigenvalue weighted by Crippen LogP contribution is -2.12. The number of esters is 1. The van der Waals surface area contributed by atoms with Crippen molar-refractivity contribution in [2.45, 2.75) is 19.9 Å². The van der Waals surface area contributed by atoms with E-state index in [1.807, 2.05) is 32.0 Å². The second-order valence-electron chi connectivity index (χ2n) is 4.96. The molecule has 0 aromatic heterocycles. The number of hydrogen-bond donors (Lipinski definition) is 1. The average molecular weight is 287 g/mol.